The first-order valence-electron chi connectivity index (χ1n) is 17.9. The van der Waals surface area contributed by atoms with Gasteiger partial charge in [0.05, 0.1) is 22.5 Å². The van der Waals surface area contributed by atoms with Crippen LogP contribution >= 0.6 is 0 Å². The first-order valence-corrected chi connectivity index (χ1v) is 19.4. The number of ether oxygens (including phenoxy) is 1. The van der Waals surface area contributed by atoms with E-state index < -0.39 is 73.9 Å². The van der Waals surface area contributed by atoms with Crippen molar-refractivity contribution < 1.29 is 41.2 Å². The Bertz CT molecular complexity index is 2120. The van der Waals surface area contributed by atoms with E-state index in [1.165, 1.54) is 23.1 Å². The number of halogens is 1. The zero-order chi connectivity index (χ0) is 37.7. The Hall–Kier alpha value is -4.93. The summed E-state index contributed by atoms with van der Waals surface area (Å²) in [6, 6.07) is 3.59. The molecule has 15 nitrogen and oxygen atoms in total. The zero-order valence-corrected chi connectivity index (χ0v) is 30.5. The summed E-state index contributed by atoms with van der Waals surface area (Å²) < 4.78 is 53.4. The molecule has 4 amide bonds. The molecule has 7 rings (SSSR count). The number of rotatable bonds is 7. The number of carbonyl (C=O) groups is 4. The van der Waals surface area contributed by atoms with Gasteiger partial charge < -0.3 is 24.8 Å². The predicted molar refractivity (Wildman–Crippen MR) is 187 cm³/mol. The highest BCUT2D eigenvalue weighted by Crippen LogP contribution is 2.47. The van der Waals surface area contributed by atoms with Crippen molar-refractivity contribution in [2.45, 2.75) is 107 Å². The van der Waals surface area contributed by atoms with Crippen LogP contribution in [-0.2, 0) is 24.4 Å². The molecule has 53 heavy (non-hydrogen) atoms. The molecule has 0 radical (unpaired) electrons. The summed E-state index contributed by atoms with van der Waals surface area (Å²) in [4.78, 5) is 65.9. The summed E-state index contributed by atoms with van der Waals surface area (Å²) in [7, 11) is -4.01. The number of para-hydroxylation sites is 1. The number of aryl methyl sites for hydroxylation is 2. The smallest absolute Gasteiger partial charge is 0.290 e. The highest BCUT2D eigenvalue weighted by Gasteiger charge is 2.63. The SMILES string of the molecule is Cc1cc(C(=O)N[C@H]2CCCCCC=C[C@@H]3C[C@@]3(C(=O)NS(=O)(=O)C3(C)CC3)NC(=O)[C@@H]3C[C@@H](Oc4nc5c(F)cccc5nc4C)CN3C2=O)on1. The number of nitrogens with one attached hydrogen (secondary N) is 3. The lowest BCUT2D eigenvalue weighted by Gasteiger charge is -2.29. The summed E-state index contributed by atoms with van der Waals surface area (Å²) in [6.07, 6.45) is 6.85. The fourth-order valence-electron chi connectivity index (χ4n) is 7.03. The molecule has 0 bridgehead atoms. The third kappa shape index (κ3) is 7.22. The van der Waals surface area contributed by atoms with Gasteiger partial charge in [0, 0.05) is 18.4 Å². The van der Waals surface area contributed by atoms with Gasteiger partial charge in [-0.15, -0.1) is 0 Å². The lowest BCUT2D eigenvalue weighted by molar-refractivity contribution is -0.141. The number of fused-ring (bicyclic) bond motifs is 3. The zero-order valence-electron chi connectivity index (χ0n) is 29.7. The molecule has 5 atom stereocenters. The van der Waals surface area contributed by atoms with E-state index in [4.69, 9.17) is 9.26 Å². The summed E-state index contributed by atoms with van der Waals surface area (Å²) >= 11 is 0. The number of carbonyl (C=O) groups excluding carboxylic acids is 4. The van der Waals surface area contributed by atoms with Gasteiger partial charge in [0.2, 0.25) is 33.5 Å². The first kappa shape index (κ1) is 36.4. The minimum Gasteiger partial charge on any atom is -0.471 e. The maximum absolute atomic E-state index is 14.7. The van der Waals surface area contributed by atoms with Gasteiger partial charge in [-0.3, -0.25) is 23.9 Å². The first-order chi connectivity index (χ1) is 25.2. The van der Waals surface area contributed by atoms with Crippen LogP contribution in [0.5, 0.6) is 5.88 Å². The van der Waals surface area contributed by atoms with Crippen LogP contribution in [0.15, 0.2) is 40.9 Å². The molecule has 2 aromatic heterocycles. The highest BCUT2D eigenvalue weighted by molar-refractivity contribution is 7.91. The summed E-state index contributed by atoms with van der Waals surface area (Å²) in [5, 5.41) is 9.36. The molecule has 3 aromatic rings. The Morgan fingerprint density at radius 3 is 2.66 bits per heavy atom. The average Bonchev–Trinajstić information content (AvgIpc) is 3.91. The third-order valence-corrected chi connectivity index (χ3v) is 12.8. The van der Waals surface area contributed by atoms with Crippen molar-refractivity contribution in [2.24, 2.45) is 5.92 Å². The molecule has 0 spiro atoms. The second kappa shape index (κ2) is 13.8. The van der Waals surface area contributed by atoms with E-state index in [2.05, 4.69) is 30.5 Å². The van der Waals surface area contributed by atoms with Gasteiger partial charge in [-0.25, -0.2) is 22.8 Å². The molecule has 2 aliphatic carbocycles. The quantitative estimate of drug-likeness (QED) is 0.300. The van der Waals surface area contributed by atoms with E-state index in [-0.39, 0.29) is 43.0 Å². The van der Waals surface area contributed by atoms with Crippen LogP contribution in [0.4, 0.5) is 4.39 Å². The Balaban J connectivity index is 1.20. The second-order valence-corrected chi connectivity index (χ2v) is 17.0. The van der Waals surface area contributed by atoms with Crippen molar-refractivity contribution in [1.82, 2.24) is 35.4 Å². The van der Waals surface area contributed by atoms with Gasteiger partial charge in [0.15, 0.2) is 5.82 Å². The third-order valence-electron chi connectivity index (χ3n) is 10.7. The molecule has 3 fully saturated rings. The van der Waals surface area contributed by atoms with Crippen LogP contribution in [0, 0.1) is 25.6 Å². The number of benzene rings is 1. The molecule has 4 heterocycles. The van der Waals surface area contributed by atoms with Crippen LogP contribution in [0.25, 0.3) is 11.0 Å². The number of nitrogens with zero attached hydrogens (tertiary/aromatic N) is 4. The van der Waals surface area contributed by atoms with Crippen molar-refractivity contribution in [3.05, 3.63) is 59.4 Å². The summed E-state index contributed by atoms with van der Waals surface area (Å²) in [6.45, 7) is 4.76. The number of allylic oxidation sites excluding steroid dienone is 1. The van der Waals surface area contributed by atoms with E-state index in [1.807, 2.05) is 12.2 Å². The molecule has 282 valence electrons. The predicted octanol–water partition coefficient (Wildman–Crippen LogP) is 2.91. The Morgan fingerprint density at radius 1 is 1.13 bits per heavy atom. The normalized spacial score (nSPS) is 27.1. The molecule has 0 unspecified atom stereocenters. The topological polar surface area (TPSA) is 203 Å². The van der Waals surface area contributed by atoms with Crippen LogP contribution in [0.3, 0.4) is 0 Å². The van der Waals surface area contributed by atoms with Gasteiger partial charge in [-0.05, 0) is 71.4 Å². The van der Waals surface area contributed by atoms with Gasteiger partial charge in [0.25, 0.3) is 11.8 Å². The average molecular weight is 752 g/mol. The Kier molecular flexibility index (Phi) is 9.49. The minimum absolute atomic E-state index is 0.00372. The van der Waals surface area contributed by atoms with Crippen molar-refractivity contribution in [2.75, 3.05) is 6.54 Å². The molecule has 2 aliphatic heterocycles. The van der Waals surface area contributed by atoms with Crippen molar-refractivity contribution in [3.63, 3.8) is 0 Å². The van der Waals surface area contributed by atoms with Crippen molar-refractivity contribution >= 4 is 44.7 Å². The van der Waals surface area contributed by atoms with Gasteiger partial charge in [0.1, 0.15) is 34.9 Å². The Labute approximate surface area is 305 Å². The molecule has 2 saturated carbocycles. The fraction of sp³-hybridized carbons (Fsp3) is 0.528. The van der Waals surface area contributed by atoms with Gasteiger partial charge in [-0.1, -0.05) is 36.2 Å². The largest absolute Gasteiger partial charge is 0.471 e. The molecule has 3 N–H and O–H groups in total. The fourth-order valence-corrected chi connectivity index (χ4v) is 8.34. The van der Waals surface area contributed by atoms with Crippen LogP contribution in [-0.4, -0.2) is 87.1 Å². The van der Waals surface area contributed by atoms with E-state index >= 15 is 0 Å². The summed E-state index contributed by atoms with van der Waals surface area (Å²) in [5.41, 5.74) is -0.385. The maximum atomic E-state index is 14.7. The van der Waals surface area contributed by atoms with Crippen molar-refractivity contribution in [1.29, 1.82) is 0 Å². The number of amides is 4. The van der Waals surface area contributed by atoms with Gasteiger partial charge in [-0.2, -0.15) is 0 Å². The van der Waals surface area contributed by atoms with E-state index in [0.29, 0.717) is 42.6 Å². The lowest BCUT2D eigenvalue weighted by Crippen LogP contribution is -2.58. The monoisotopic (exact) mass is 751 g/mol. The lowest BCUT2D eigenvalue weighted by atomic mass is 10.0. The van der Waals surface area contributed by atoms with Crippen LogP contribution in [0.2, 0.25) is 0 Å². The molecule has 4 aliphatic rings. The molecule has 1 aromatic carbocycles. The number of sulfonamides is 1. The molecule has 17 heteroatoms. The molecular weight excluding hydrogens is 710 g/mol. The standard InChI is InChI=1S/C36H42FN7O8S/c1-20-16-28(52-42-20)31(46)39-26-12-8-6-4-5-7-10-22-18-36(22,34(48)43-53(49,50)35(3)14-15-35)41-30(45)27-17-23(19-44(27)33(26)47)51-32-21(2)38-25-13-9-11-24(37)29(25)40-32/h7,9-11,13,16,22-23,26-27H,4-6,8,12,14-15,17-19H2,1-3H3,(H,39,46)(H,41,45)(H,43,48)/t22-,23-,26+,27+,36-/m1/s1. The Morgan fingerprint density at radius 2 is 1.92 bits per heavy atom. The van der Waals surface area contributed by atoms with E-state index in [0.717, 1.165) is 12.8 Å². The van der Waals surface area contributed by atoms with E-state index in [1.54, 1.807) is 26.8 Å². The molecule has 1 saturated heterocycles. The minimum atomic E-state index is -4.01. The van der Waals surface area contributed by atoms with Crippen LogP contribution < -0.4 is 20.1 Å². The highest BCUT2D eigenvalue weighted by atomic mass is 32.2. The second-order valence-electron chi connectivity index (χ2n) is 14.8. The van der Waals surface area contributed by atoms with Crippen molar-refractivity contribution in [3.8, 4) is 5.88 Å². The van der Waals surface area contributed by atoms with Gasteiger partial charge >= 0.3 is 0 Å². The maximum Gasteiger partial charge on any atom is 0.290 e. The molecular formula is C36H42FN7O8S. The number of aromatic nitrogens is 3. The number of hydrogen-bond acceptors (Lipinski definition) is 11. The van der Waals surface area contributed by atoms with E-state index in [9.17, 15) is 32.0 Å². The summed E-state index contributed by atoms with van der Waals surface area (Å²) in [5.74, 6) is -3.85. The van der Waals surface area contributed by atoms with Crippen LogP contribution in [0.1, 0.15) is 86.7 Å². The number of hydrogen-bond donors (Lipinski definition) is 3.